The molecule has 2 N–H and O–H groups in total. The van der Waals surface area contributed by atoms with Crippen molar-refractivity contribution in [2.75, 3.05) is 18.4 Å². The van der Waals surface area contributed by atoms with Crippen LogP contribution >= 0.6 is 0 Å². The third-order valence-electron chi connectivity index (χ3n) is 3.31. The van der Waals surface area contributed by atoms with Crippen LogP contribution in [0.2, 0.25) is 0 Å². The fourth-order valence-corrected chi connectivity index (χ4v) is 2.29. The smallest absolute Gasteiger partial charge is 0.224 e. The van der Waals surface area contributed by atoms with Crippen LogP contribution in [0.1, 0.15) is 24.8 Å². The number of nitrogens with one attached hydrogen (secondary N) is 2. The lowest BCUT2D eigenvalue weighted by atomic mass is 9.96. The van der Waals surface area contributed by atoms with Gasteiger partial charge in [-0.05, 0) is 62.5 Å². The highest BCUT2D eigenvalue weighted by Gasteiger charge is 2.16. The van der Waals surface area contributed by atoms with Crippen LogP contribution < -0.4 is 10.6 Å². The van der Waals surface area contributed by atoms with E-state index in [-0.39, 0.29) is 11.7 Å². The van der Waals surface area contributed by atoms with Gasteiger partial charge in [-0.3, -0.25) is 4.79 Å². The third kappa shape index (κ3) is 3.53. The van der Waals surface area contributed by atoms with Crippen molar-refractivity contribution in [3.05, 3.63) is 29.6 Å². The summed E-state index contributed by atoms with van der Waals surface area (Å²) < 4.78 is 13.1. The lowest BCUT2D eigenvalue weighted by molar-refractivity contribution is -0.117. The number of halogens is 1. The van der Waals surface area contributed by atoms with Gasteiger partial charge in [-0.1, -0.05) is 0 Å². The van der Waals surface area contributed by atoms with E-state index in [0.717, 1.165) is 25.9 Å². The van der Waals surface area contributed by atoms with E-state index in [0.29, 0.717) is 23.6 Å². The molecule has 0 spiro atoms. The maximum Gasteiger partial charge on any atom is 0.224 e. The maximum absolute atomic E-state index is 13.1. The molecular weight excluding hydrogens is 231 g/mol. The number of carbonyl (C=O) groups is 1. The minimum Gasteiger partial charge on any atom is -0.326 e. The van der Waals surface area contributed by atoms with Crippen molar-refractivity contribution >= 4 is 11.6 Å². The third-order valence-corrected chi connectivity index (χ3v) is 3.31. The molecule has 0 radical (unpaired) electrons. The fourth-order valence-electron chi connectivity index (χ4n) is 2.29. The average Bonchev–Trinajstić information content (AvgIpc) is 2.35. The predicted molar refractivity (Wildman–Crippen MR) is 70.0 cm³/mol. The highest BCUT2D eigenvalue weighted by Crippen LogP contribution is 2.17. The van der Waals surface area contributed by atoms with E-state index >= 15 is 0 Å². The summed E-state index contributed by atoms with van der Waals surface area (Å²) in [4.78, 5) is 11.8. The zero-order valence-corrected chi connectivity index (χ0v) is 10.6. The molecular formula is C14H19FN2O. The Morgan fingerprint density at radius 3 is 3.06 bits per heavy atom. The Hall–Kier alpha value is -1.42. The van der Waals surface area contributed by atoms with Crippen LogP contribution in [0.3, 0.4) is 0 Å². The molecule has 1 heterocycles. The molecule has 1 unspecified atom stereocenters. The normalized spacial score (nSPS) is 19.6. The van der Waals surface area contributed by atoms with Crippen molar-refractivity contribution in [3.63, 3.8) is 0 Å². The van der Waals surface area contributed by atoms with Crippen molar-refractivity contribution in [2.45, 2.75) is 26.2 Å². The SMILES string of the molecule is Cc1cc(NC(=O)CC2CCCNC2)ccc1F. The molecule has 98 valence electrons. The summed E-state index contributed by atoms with van der Waals surface area (Å²) in [6.07, 6.45) is 2.76. The summed E-state index contributed by atoms with van der Waals surface area (Å²) in [6, 6.07) is 4.64. The second-order valence-electron chi connectivity index (χ2n) is 4.93. The Balaban J connectivity index is 1.88. The van der Waals surface area contributed by atoms with Crippen LogP contribution in [0.15, 0.2) is 18.2 Å². The molecule has 1 atom stereocenters. The first-order valence-electron chi connectivity index (χ1n) is 6.42. The summed E-state index contributed by atoms with van der Waals surface area (Å²) in [6.45, 7) is 3.65. The highest BCUT2D eigenvalue weighted by atomic mass is 19.1. The lowest BCUT2D eigenvalue weighted by Gasteiger charge is -2.22. The first-order chi connectivity index (χ1) is 8.65. The summed E-state index contributed by atoms with van der Waals surface area (Å²) in [5.74, 6) is 0.180. The number of anilines is 1. The number of carbonyl (C=O) groups excluding carboxylic acids is 1. The topological polar surface area (TPSA) is 41.1 Å². The number of piperidine rings is 1. The van der Waals surface area contributed by atoms with Gasteiger partial charge in [0.25, 0.3) is 0 Å². The van der Waals surface area contributed by atoms with Crippen molar-refractivity contribution in [3.8, 4) is 0 Å². The number of amides is 1. The molecule has 1 fully saturated rings. The summed E-state index contributed by atoms with van der Waals surface area (Å²) in [5.41, 5.74) is 1.22. The van der Waals surface area contributed by atoms with E-state index in [1.807, 2.05) is 0 Å². The van der Waals surface area contributed by atoms with Crippen LogP contribution in [-0.2, 0) is 4.79 Å². The molecule has 0 aliphatic carbocycles. The second kappa shape index (κ2) is 5.96. The summed E-state index contributed by atoms with van der Waals surface area (Å²) in [7, 11) is 0. The van der Waals surface area contributed by atoms with Gasteiger partial charge in [0.2, 0.25) is 5.91 Å². The van der Waals surface area contributed by atoms with Gasteiger partial charge in [0.1, 0.15) is 5.82 Å². The molecule has 1 aromatic rings. The Labute approximate surface area is 107 Å². The molecule has 1 aromatic carbocycles. The van der Waals surface area contributed by atoms with Gasteiger partial charge in [0.05, 0.1) is 0 Å². The van der Waals surface area contributed by atoms with Gasteiger partial charge >= 0.3 is 0 Å². The lowest BCUT2D eigenvalue weighted by Crippen LogP contribution is -2.32. The Morgan fingerprint density at radius 2 is 2.39 bits per heavy atom. The van der Waals surface area contributed by atoms with Crippen LogP contribution in [0.5, 0.6) is 0 Å². The summed E-state index contributed by atoms with van der Waals surface area (Å²) in [5, 5.41) is 6.11. The first kappa shape index (κ1) is 13.0. The molecule has 1 saturated heterocycles. The molecule has 3 nitrogen and oxygen atoms in total. The van der Waals surface area contributed by atoms with E-state index in [1.54, 1.807) is 19.1 Å². The molecule has 0 aromatic heterocycles. The Bertz CT molecular complexity index is 428. The molecule has 4 heteroatoms. The molecule has 1 aliphatic rings. The number of hydrogen-bond acceptors (Lipinski definition) is 2. The monoisotopic (exact) mass is 250 g/mol. The fraction of sp³-hybridized carbons (Fsp3) is 0.500. The minimum absolute atomic E-state index is 0.00899. The standard InChI is InChI=1S/C14H19FN2O/c1-10-7-12(4-5-13(10)15)17-14(18)8-11-3-2-6-16-9-11/h4-5,7,11,16H,2-3,6,8-9H2,1H3,(H,17,18). The second-order valence-corrected chi connectivity index (χ2v) is 4.93. The van der Waals surface area contributed by atoms with Crippen molar-refractivity contribution in [1.82, 2.24) is 5.32 Å². The van der Waals surface area contributed by atoms with Crippen molar-refractivity contribution in [1.29, 1.82) is 0 Å². The average molecular weight is 250 g/mol. The minimum atomic E-state index is -0.246. The van der Waals surface area contributed by atoms with Gasteiger partial charge in [-0.15, -0.1) is 0 Å². The maximum atomic E-state index is 13.1. The molecule has 0 saturated carbocycles. The largest absolute Gasteiger partial charge is 0.326 e. The van der Waals surface area contributed by atoms with E-state index in [9.17, 15) is 9.18 Å². The van der Waals surface area contributed by atoms with E-state index in [4.69, 9.17) is 0 Å². The predicted octanol–water partition coefficient (Wildman–Crippen LogP) is 2.46. The summed E-state index contributed by atoms with van der Waals surface area (Å²) >= 11 is 0. The van der Waals surface area contributed by atoms with Gasteiger partial charge in [-0.2, -0.15) is 0 Å². The van der Waals surface area contributed by atoms with Gasteiger partial charge in [0.15, 0.2) is 0 Å². The van der Waals surface area contributed by atoms with Gasteiger partial charge in [-0.25, -0.2) is 4.39 Å². The number of benzene rings is 1. The van der Waals surface area contributed by atoms with E-state index < -0.39 is 0 Å². The van der Waals surface area contributed by atoms with Crippen molar-refractivity contribution in [2.24, 2.45) is 5.92 Å². The highest BCUT2D eigenvalue weighted by molar-refractivity contribution is 5.90. The zero-order chi connectivity index (χ0) is 13.0. The van der Waals surface area contributed by atoms with Crippen LogP contribution in [0.25, 0.3) is 0 Å². The van der Waals surface area contributed by atoms with Gasteiger partial charge in [0, 0.05) is 12.1 Å². The Morgan fingerprint density at radius 1 is 1.56 bits per heavy atom. The first-order valence-corrected chi connectivity index (χ1v) is 6.42. The number of rotatable bonds is 3. The molecule has 0 bridgehead atoms. The Kier molecular flexibility index (Phi) is 4.31. The van der Waals surface area contributed by atoms with E-state index in [1.165, 1.54) is 6.07 Å². The quantitative estimate of drug-likeness (QED) is 0.865. The van der Waals surface area contributed by atoms with Crippen LogP contribution in [-0.4, -0.2) is 19.0 Å². The van der Waals surface area contributed by atoms with Crippen LogP contribution in [0, 0.1) is 18.7 Å². The van der Waals surface area contributed by atoms with Gasteiger partial charge < -0.3 is 10.6 Å². The van der Waals surface area contributed by atoms with E-state index in [2.05, 4.69) is 10.6 Å². The zero-order valence-electron chi connectivity index (χ0n) is 10.6. The number of hydrogen-bond donors (Lipinski definition) is 2. The van der Waals surface area contributed by atoms with Crippen molar-refractivity contribution < 1.29 is 9.18 Å². The molecule has 1 aliphatic heterocycles. The molecule has 2 rings (SSSR count). The number of aryl methyl sites for hydroxylation is 1. The van der Waals surface area contributed by atoms with Crippen LogP contribution in [0.4, 0.5) is 10.1 Å². The molecule has 1 amide bonds. The molecule has 18 heavy (non-hydrogen) atoms.